The molecule has 1 atom stereocenters. The summed E-state index contributed by atoms with van der Waals surface area (Å²) in [5.74, 6) is 2.96. The molecule has 0 aliphatic carbocycles. The average Bonchev–Trinajstić information content (AvgIpc) is 3.50. The van der Waals surface area contributed by atoms with Gasteiger partial charge in [-0.25, -0.2) is 4.98 Å². The van der Waals surface area contributed by atoms with Gasteiger partial charge in [-0.2, -0.15) is 10.1 Å². The second-order valence-electron chi connectivity index (χ2n) is 11.4. The van der Waals surface area contributed by atoms with Gasteiger partial charge in [-0.05, 0) is 56.5 Å². The number of hydrogen-bond acceptors (Lipinski definition) is 9. The van der Waals surface area contributed by atoms with Crippen molar-refractivity contribution in [1.82, 2.24) is 25.1 Å². The molecule has 0 amide bonds. The largest absolute Gasteiger partial charge is 0.490 e. The van der Waals surface area contributed by atoms with E-state index in [9.17, 15) is 4.21 Å². The summed E-state index contributed by atoms with van der Waals surface area (Å²) in [6, 6.07) is 8.44. The van der Waals surface area contributed by atoms with E-state index in [1.165, 1.54) is 5.56 Å². The van der Waals surface area contributed by atoms with Crippen molar-refractivity contribution in [2.45, 2.75) is 69.5 Å². The number of anilines is 2. The molecule has 0 spiro atoms. The molecule has 6 rings (SSSR count). The first-order valence-electron chi connectivity index (χ1n) is 14.9. The van der Waals surface area contributed by atoms with E-state index < -0.39 is 10.8 Å². The second kappa shape index (κ2) is 12.4. The highest BCUT2D eigenvalue weighted by Gasteiger charge is 2.30. The minimum atomic E-state index is -1.04. The number of hydrogen-bond donors (Lipinski definition) is 2. The average molecular weight is 592 g/mol. The fourth-order valence-electron chi connectivity index (χ4n) is 5.93. The van der Waals surface area contributed by atoms with E-state index >= 15 is 0 Å². The Kier molecular flexibility index (Phi) is 8.48. The zero-order valence-electron chi connectivity index (χ0n) is 24.8. The van der Waals surface area contributed by atoms with E-state index in [2.05, 4.69) is 46.3 Å². The molecule has 3 aromatic rings. The van der Waals surface area contributed by atoms with Crippen LogP contribution in [-0.2, 0) is 35.5 Å². The summed E-state index contributed by atoms with van der Waals surface area (Å²) >= 11 is 0. The van der Waals surface area contributed by atoms with Crippen LogP contribution in [-0.4, -0.2) is 68.2 Å². The lowest BCUT2D eigenvalue weighted by atomic mass is 10.1. The molecule has 224 valence electrons. The van der Waals surface area contributed by atoms with Gasteiger partial charge in [0, 0.05) is 87.9 Å². The summed E-state index contributed by atoms with van der Waals surface area (Å²) in [7, 11) is 0.927. The number of aromatic nitrogens is 4. The molecule has 0 saturated carbocycles. The molecule has 0 bridgehead atoms. The third-order valence-electron chi connectivity index (χ3n) is 8.61. The van der Waals surface area contributed by atoms with Crippen molar-refractivity contribution in [2.75, 3.05) is 42.3 Å². The van der Waals surface area contributed by atoms with E-state index in [1.807, 2.05) is 30.8 Å². The molecular formula is C31H41N7O3S. The van der Waals surface area contributed by atoms with Gasteiger partial charge in [0.25, 0.3) is 0 Å². The smallest absolute Gasteiger partial charge is 0.227 e. The molecule has 11 heteroatoms. The van der Waals surface area contributed by atoms with Crippen LogP contribution in [0, 0.1) is 13.8 Å². The van der Waals surface area contributed by atoms with Crippen LogP contribution in [0.15, 0.2) is 35.7 Å². The summed E-state index contributed by atoms with van der Waals surface area (Å²) < 4.78 is 26.5. The zero-order chi connectivity index (χ0) is 29.2. The third-order valence-corrected chi connectivity index (χ3v) is 10.1. The van der Waals surface area contributed by atoms with E-state index in [0.717, 1.165) is 109 Å². The maximum atomic E-state index is 12.7. The number of ether oxygens (including phenoxy) is 2. The number of aryl methyl sites for hydroxylation is 3. The van der Waals surface area contributed by atoms with Crippen LogP contribution in [0.1, 0.15) is 53.9 Å². The summed E-state index contributed by atoms with van der Waals surface area (Å²) in [6.07, 6.45) is 4.50. The van der Waals surface area contributed by atoms with Gasteiger partial charge in [-0.15, -0.1) is 0 Å². The van der Waals surface area contributed by atoms with Crippen molar-refractivity contribution in [3.8, 4) is 5.75 Å². The van der Waals surface area contributed by atoms with Gasteiger partial charge in [-0.3, -0.25) is 8.89 Å². The van der Waals surface area contributed by atoms with Gasteiger partial charge in [0.15, 0.2) is 0 Å². The molecule has 42 heavy (non-hydrogen) atoms. The molecule has 2 fully saturated rings. The van der Waals surface area contributed by atoms with Gasteiger partial charge in [0.2, 0.25) is 5.95 Å². The molecule has 2 N–H and O–H groups in total. The summed E-state index contributed by atoms with van der Waals surface area (Å²) in [4.78, 5) is 12.8. The number of nitrogens with zero attached hydrogens (tertiary/aromatic N) is 5. The van der Waals surface area contributed by atoms with Crippen LogP contribution in [0.2, 0.25) is 0 Å². The van der Waals surface area contributed by atoms with Crippen LogP contribution in [0.25, 0.3) is 5.70 Å². The maximum absolute atomic E-state index is 12.7. The SMILES string of the molecule is C=C(NCc1c(C)nn(C)c1C)c1ccc(OC2CCN(c3nc4c(c(NC5CCOCC5)n3)S(=O)CC4)CC2)cc1. The van der Waals surface area contributed by atoms with E-state index in [1.54, 1.807) is 0 Å². The predicted octanol–water partition coefficient (Wildman–Crippen LogP) is 3.89. The highest BCUT2D eigenvalue weighted by atomic mass is 32.2. The van der Waals surface area contributed by atoms with Crippen LogP contribution < -0.4 is 20.3 Å². The number of benzene rings is 1. The van der Waals surface area contributed by atoms with Crippen molar-refractivity contribution in [1.29, 1.82) is 0 Å². The first-order chi connectivity index (χ1) is 20.4. The lowest BCUT2D eigenvalue weighted by Gasteiger charge is -2.33. The van der Waals surface area contributed by atoms with Crippen LogP contribution in [0.5, 0.6) is 5.75 Å². The summed E-state index contributed by atoms with van der Waals surface area (Å²) in [5.41, 5.74) is 6.24. The van der Waals surface area contributed by atoms with Crippen molar-refractivity contribution in [2.24, 2.45) is 7.05 Å². The van der Waals surface area contributed by atoms with Gasteiger partial charge < -0.3 is 25.0 Å². The summed E-state index contributed by atoms with van der Waals surface area (Å²) in [6.45, 7) is 12.2. The van der Waals surface area contributed by atoms with Crippen LogP contribution in [0.3, 0.4) is 0 Å². The quantitative estimate of drug-likeness (QED) is 0.383. The predicted molar refractivity (Wildman–Crippen MR) is 165 cm³/mol. The molecule has 5 heterocycles. The van der Waals surface area contributed by atoms with Gasteiger partial charge in [0.05, 0.1) is 22.2 Å². The van der Waals surface area contributed by atoms with E-state index in [4.69, 9.17) is 19.4 Å². The molecule has 0 radical (unpaired) electrons. The molecular weight excluding hydrogens is 550 g/mol. The fraction of sp³-hybridized carbons (Fsp3) is 0.516. The van der Waals surface area contributed by atoms with Crippen LogP contribution >= 0.6 is 0 Å². The van der Waals surface area contributed by atoms with E-state index in [-0.39, 0.29) is 12.1 Å². The highest BCUT2D eigenvalue weighted by Crippen LogP contribution is 2.32. The zero-order valence-corrected chi connectivity index (χ0v) is 25.6. The molecule has 2 saturated heterocycles. The standard InChI is InChI=1S/C31H41N7O3S/c1-20(32-19-27-21(2)36-37(4)22(27)3)23-5-7-25(8-6-23)41-26-9-14-38(15-10-26)31-34-28-13-18-42(39)29(28)30(35-31)33-24-11-16-40-17-12-24/h5-8,24,26,32H,1,9-19H2,2-4H3,(H,33,34,35). The van der Waals surface area contributed by atoms with Crippen molar-refractivity contribution in [3.63, 3.8) is 0 Å². The molecule has 1 aromatic carbocycles. The molecule has 1 unspecified atom stereocenters. The Labute approximate surface area is 250 Å². The molecule has 2 aromatic heterocycles. The van der Waals surface area contributed by atoms with Crippen molar-refractivity contribution < 1.29 is 13.7 Å². The normalized spacial score (nSPS) is 19.5. The van der Waals surface area contributed by atoms with Gasteiger partial charge >= 0.3 is 0 Å². The Morgan fingerprint density at radius 2 is 1.86 bits per heavy atom. The maximum Gasteiger partial charge on any atom is 0.227 e. The Bertz CT molecular complexity index is 1460. The first-order valence-corrected chi connectivity index (χ1v) is 16.2. The Hall–Kier alpha value is -3.44. The molecule has 3 aliphatic heterocycles. The Morgan fingerprint density at radius 3 is 2.55 bits per heavy atom. The number of piperidine rings is 1. The lowest BCUT2D eigenvalue weighted by Crippen LogP contribution is -2.39. The minimum Gasteiger partial charge on any atom is -0.490 e. The summed E-state index contributed by atoms with van der Waals surface area (Å²) in [5, 5.41) is 11.5. The third kappa shape index (κ3) is 6.17. The van der Waals surface area contributed by atoms with Crippen molar-refractivity contribution in [3.05, 3.63) is 59.1 Å². The monoisotopic (exact) mass is 591 g/mol. The number of fused-ring (bicyclic) bond motifs is 1. The van der Waals surface area contributed by atoms with Gasteiger partial charge in [0.1, 0.15) is 22.6 Å². The van der Waals surface area contributed by atoms with Gasteiger partial charge in [-0.1, -0.05) is 6.58 Å². The fourth-order valence-corrected chi connectivity index (χ4v) is 7.24. The van der Waals surface area contributed by atoms with Crippen LogP contribution in [0.4, 0.5) is 11.8 Å². The number of nitrogens with one attached hydrogen (secondary N) is 2. The first kappa shape index (κ1) is 28.7. The Balaban J connectivity index is 1.04. The highest BCUT2D eigenvalue weighted by molar-refractivity contribution is 7.85. The second-order valence-corrected chi connectivity index (χ2v) is 12.9. The van der Waals surface area contributed by atoms with E-state index in [0.29, 0.717) is 12.3 Å². The van der Waals surface area contributed by atoms with Crippen molar-refractivity contribution >= 4 is 28.3 Å². The lowest BCUT2D eigenvalue weighted by molar-refractivity contribution is 0.0903. The Morgan fingerprint density at radius 1 is 1.12 bits per heavy atom. The minimum absolute atomic E-state index is 0.131. The molecule has 3 aliphatic rings. The number of rotatable bonds is 9. The topological polar surface area (TPSA) is 106 Å². The molecule has 10 nitrogen and oxygen atoms in total.